The molecule has 1 aromatic carbocycles. The summed E-state index contributed by atoms with van der Waals surface area (Å²) in [5.41, 5.74) is -0.0564. The maximum absolute atomic E-state index is 14.9. The van der Waals surface area contributed by atoms with Crippen molar-refractivity contribution in [2.45, 2.75) is 25.0 Å². The standard InChI is InChI=1S/C19H22F2N6O4/c1-30-18(28)22-10-14-11-26(19(29)31-14)13-8-15(20)17(16(21)9-13)25-5-2-12(3-6-25)27-7-4-23-24-27/h4,7-9,12,14H,2-3,5-6,10-11H2,1H3,(H,22,28). The van der Waals surface area contributed by atoms with Gasteiger partial charge in [0.1, 0.15) is 11.8 Å². The molecule has 2 saturated heterocycles. The number of aromatic nitrogens is 3. The van der Waals surface area contributed by atoms with Gasteiger partial charge in [0.05, 0.1) is 38.1 Å². The summed E-state index contributed by atoms with van der Waals surface area (Å²) in [5.74, 6) is -1.50. The van der Waals surface area contributed by atoms with Gasteiger partial charge in [-0.25, -0.2) is 23.1 Å². The number of rotatable bonds is 5. The molecule has 3 heterocycles. The van der Waals surface area contributed by atoms with E-state index in [1.165, 1.54) is 7.11 Å². The number of amides is 2. The quantitative estimate of drug-likeness (QED) is 0.766. The number of methoxy groups -OCH3 is 1. The number of nitrogens with one attached hydrogen (secondary N) is 1. The molecule has 31 heavy (non-hydrogen) atoms. The van der Waals surface area contributed by atoms with E-state index >= 15 is 0 Å². The summed E-state index contributed by atoms with van der Waals surface area (Å²) in [6.07, 6.45) is 2.67. The van der Waals surface area contributed by atoms with Gasteiger partial charge in [0.25, 0.3) is 0 Å². The van der Waals surface area contributed by atoms with Gasteiger partial charge in [-0.05, 0) is 12.8 Å². The van der Waals surface area contributed by atoms with Crippen molar-refractivity contribution in [2.75, 3.05) is 43.1 Å². The summed E-state index contributed by atoms with van der Waals surface area (Å²) >= 11 is 0. The molecule has 0 aliphatic carbocycles. The van der Waals surface area contributed by atoms with Crippen molar-refractivity contribution in [3.8, 4) is 0 Å². The normalized spacial score (nSPS) is 19.5. The fraction of sp³-hybridized carbons (Fsp3) is 0.474. The minimum atomic E-state index is -0.752. The van der Waals surface area contributed by atoms with E-state index in [2.05, 4.69) is 20.4 Å². The molecule has 1 unspecified atom stereocenters. The van der Waals surface area contributed by atoms with E-state index in [-0.39, 0.29) is 30.5 Å². The number of nitrogens with zero attached hydrogens (tertiary/aromatic N) is 5. The predicted molar refractivity (Wildman–Crippen MR) is 105 cm³/mol. The number of piperidine rings is 1. The third-order valence-electron chi connectivity index (χ3n) is 5.44. The maximum atomic E-state index is 14.9. The molecule has 2 aliphatic rings. The molecule has 2 fully saturated rings. The Balaban J connectivity index is 1.43. The first-order chi connectivity index (χ1) is 15.0. The SMILES string of the molecule is COC(=O)NCC1CN(c2cc(F)c(N3CCC(n4ccnn4)CC3)c(F)c2)C(=O)O1. The molecule has 10 nitrogen and oxygen atoms in total. The van der Waals surface area contributed by atoms with Crippen LogP contribution in [-0.2, 0) is 9.47 Å². The number of alkyl carbamates (subject to hydrolysis) is 1. The molecule has 2 aliphatic heterocycles. The Labute approximate surface area is 176 Å². The van der Waals surface area contributed by atoms with Crippen molar-refractivity contribution in [1.29, 1.82) is 0 Å². The number of halogens is 2. The average molecular weight is 436 g/mol. The molecular formula is C19H22F2N6O4. The summed E-state index contributed by atoms with van der Waals surface area (Å²) in [5, 5.41) is 10.2. The van der Waals surface area contributed by atoms with Crippen molar-refractivity contribution >= 4 is 23.6 Å². The first-order valence-electron chi connectivity index (χ1n) is 9.86. The summed E-state index contributed by atoms with van der Waals surface area (Å²) < 4.78 is 41.1. The lowest BCUT2D eigenvalue weighted by molar-refractivity contribution is 0.132. The Kier molecular flexibility index (Phi) is 5.87. The van der Waals surface area contributed by atoms with Gasteiger partial charge in [-0.1, -0.05) is 5.21 Å². The molecule has 0 spiro atoms. The number of hydrogen-bond donors (Lipinski definition) is 1. The lowest BCUT2D eigenvalue weighted by atomic mass is 10.0. The number of benzene rings is 1. The zero-order valence-corrected chi connectivity index (χ0v) is 16.8. The Morgan fingerprint density at radius 2 is 2.00 bits per heavy atom. The van der Waals surface area contributed by atoms with Crippen LogP contribution < -0.4 is 15.1 Å². The second-order valence-electron chi connectivity index (χ2n) is 7.35. The van der Waals surface area contributed by atoms with Crippen LogP contribution in [0.2, 0.25) is 0 Å². The van der Waals surface area contributed by atoms with E-state index in [1.54, 1.807) is 22.0 Å². The lowest BCUT2D eigenvalue weighted by Gasteiger charge is -2.34. The summed E-state index contributed by atoms with van der Waals surface area (Å²) in [6, 6.07) is 2.39. The number of carbonyl (C=O) groups excluding carboxylic acids is 2. The number of ether oxygens (including phenoxy) is 2. The Hall–Kier alpha value is -3.44. The highest BCUT2D eigenvalue weighted by atomic mass is 19.1. The number of anilines is 2. The van der Waals surface area contributed by atoms with Gasteiger partial charge in [-0.15, -0.1) is 5.10 Å². The number of hydrogen-bond acceptors (Lipinski definition) is 7. The highest BCUT2D eigenvalue weighted by molar-refractivity contribution is 5.90. The van der Waals surface area contributed by atoms with Crippen LogP contribution in [0.25, 0.3) is 0 Å². The number of carbonyl (C=O) groups is 2. The third kappa shape index (κ3) is 4.37. The van der Waals surface area contributed by atoms with Crippen LogP contribution in [0.4, 0.5) is 29.7 Å². The predicted octanol–water partition coefficient (Wildman–Crippen LogP) is 2.08. The Morgan fingerprint density at radius 1 is 1.29 bits per heavy atom. The smallest absolute Gasteiger partial charge is 0.414 e. The monoisotopic (exact) mass is 436 g/mol. The molecule has 4 rings (SSSR count). The molecule has 0 saturated carbocycles. The van der Waals surface area contributed by atoms with E-state index in [1.807, 2.05) is 0 Å². The number of cyclic esters (lactones) is 1. The van der Waals surface area contributed by atoms with Gasteiger partial charge < -0.3 is 19.7 Å². The zero-order valence-electron chi connectivity index (χ0n) is 16.8. The summed E-state index contributed by atoms with van der Waals surface area (Å²) in [6.45, 7) is 0.999. The van der Waals surface area contributed by atoms with E-state index in [4.69, 9.17) is 4.74 Å². The largest absolute Gasteiger partial charge is 0.453 e. The Morgan fingerprint density at radius 3 is 2.61 bits per heavy atom. The van der Waals surface area contributed by atoms with Crippen LogP contribution in [0.15, 0.2) is 24.5 Å². The van der Waals surface area contributed by atoms with Gasteiger partial charge in [0, 0.05) is 31.4 Å². The molecule has 0 bridgehead atoms. The first-order valence-corrected chi connectivity index (χ1v) is 9.86. The van der Waals surface area contributed by atoms with Gasteiger partial charge >= 0.3 is 12.2 Å². The van der Waals surface area contributed by atoms with Crippen LogP contribution >= 0.6 is 0 Å². The highest BCUT2D eigenvalue weighted by Crippen LogP contribution is 2.33. The molecule has 12 heteroatoms. The van der Waals surface area contributed by atoms with E-state index in [9.17, 15) is 18.4 Å². The van der Waals surface area contributed by atoms with Crippen molar-refractivity contribution in [2.24, 2.45) is 0 Å². The second-order valence-corrected chi connectivity index (χ2v) is 7.35. The van der Waals surface area contributed by atoms with Crippen LogP contribution in [0.1, 0.15) is 18.9 Å². The van der Waals surface area contributed by atoms with Crippen LogP contribution in [0.5, 0.6) is 0 Å². The molecule has 2 aromatic rings. The van der Waals surface area contributed by atoms with Crippen LogP contribution in [0, 0.1) is 11.6 Å². The summed E-state index contributed by atoms with van der Waals surface area (Å²) in [4.78, 5) is 26.1. The zero-order chi connectivity index (χ0) is 22.0. The Bertz CT molecular complexity index is 926. The fourth-order valence-corrected chi connectivity index (χ4v) is 3.88. The fourth-order valence-electron chi connectivity index (χ4n) is 3.88. The van der Waals surface area contributed by atoms with E-state index < -0.39 is 29.9 Å². The first kappa shape index (κ1) is 20.8. The molecule has 1 atom stereocenters. The van der Waals surface area contributed by atoms with Crippen molar-refractivity contribution < 1.29 is 27.8 Å². The molecule has 166 valence electrons. The molecule has 1 aromatic heterocycles. The van der Waals surface area contributed by atoms with Gasteiger partial charge in [-0.3, -0.25) is 4.90 Å². The van der Waals surface area contributed by atoms with Crippen molar-refractivity contribution in [3.05, 3.63) is 36.2 Å². The van der Waals surface area contributed by atoms with Crippen LogP contribution in [0.3, 0.4) is 0 Å². The average Bonchev–Trinajstić information content (AvgIpc) is 3.42. The third-order valence-corrected chi connectivity index (χ3v) is 5.44. The van der Waals surface area contributed by atoms with Crippen LogP contribution in [-0.4, -0.2) is 66.6 Å². The minimum absolute atomic E-state index is 0.0265. The minimum Gasteiger partial charge on any atom is -0.453 e. The van der Waals surface area contributed by atoms with E-state index in [0.29, 0.717) is 25.9 Å². The molecule has 0 radical (unpaired) electrons. The lowest BCUT2D eigenvalue weighted by Crippen LogP contribution is -2.36. The highest BCUT2D eigenvalue weighted by Gasteiger charge is 2.34. The van der Waals surface area contributed by atoms with E-state index in [0.717, 1.165) is 17.0 Å². The topological polar surface area (TPSA) is 102 Å². The second kappa shape index (κ2) is 8.74. The summed E-state index contributed by atoms with van der Waals surface area (Å²) in [7, 11) is 1.21. The van der Waals surface area contributed by atoms with Crippen molar-refractivity contribution in [3.63, 3.8) is 0 Å². The molecule has 1 N–H and O–H groups in total. The maximum Gasteiger partial charge on any atom is 0.414 e. The van der Waals surface area contributed by atoms with Gasteiger partial charge in [0.2, 0.25) is 0 Å². The molecule has 2 amide bonds. The molecular weight excluding hydrogens is 414 g/mol. The van der Waals surface area contributed by atoms with Crippen molar-refractivity contribution in [1.82, 2.24) is 20.3 Å². The van der Waals surface area contributed by atoms with Gasteiger partial charge in [0.15, 0.2) is 11.6 Å². The van der Waals surface area contributed by atoms with Gasteiger partial charge in [-0.2, -0.15) is 0 Å².